The monoisotopic (exact) mass is 520 g/mol. The molecule has 0 aliphatic heterocycles. The number of aromatic nitrogens is 2. The topological polar surface area (TPSA) is 83.0 Å². The number of hydrogen-bond donors (Lipinski definition) is 2. The maximum atomic E-state index is 13.4. The second-order valence-corrected chi connectivity index (χ2v) is 10.3. The van der Waals surface area contributed by atoms with Crippen LogP contribution in [0.4, 0.5) is 0 Å². The molecule has 1 aliphatic rings. The lowest BCUT2D eigenvalue weighted by molar-refractivity contribution is 0.0697. The number of hydrogen-bond acceptors (Lipinski definition) is 3. The molecule has 1 saturated carbocycles. The van der Waals surface area contributed by atoms with Crippen LogP contribution in [-0.2, 0) is 0 Å². The van der Waals surface area contributed by atoms with Crippen LogP contribution < -0.4 is 0 Å². The molecule has 1 fully saturated rings. The molecule has 1 aliphatic carbocycles. The van der Waals surface area contributed by atoms with Crippen molar-refractivity contribution < 1.29 is 14.7 Å². The number of para-hydroxylation sites is 2. The van der Waals surface area contributed by atoms with Gasteiger partial charge in [-0.2, -0.15) is 0 Å². The summed E-state index contributed by atoms with van der Waals surface area (Å²) in [5, 5.41) is 10.6. The zero-order valence-electron chi connectivity index (χ0n) is 20.5. The van der Waals surface area contributed by atoms with E-state index in [1.54, 1.807) is 24.3 Å². The van der Waals surface area contributed by atoms with E-state index in [-0.39, 0.29) is 17.3 Å². The Morgan fingerprint density at radius 3 is 2.37 bits per heavy atom. The fourth-order valence-corrected chi connectivity index (χ4v) is 5.40. The highest BCUT2D eigenvalue weighted by Gasteiger charge is 2.34. The molecule has 1 atom stereocenters. The number of nitrogens with one attached hydrogen (secondary N) is 1. The summed E-state index contributed by atoms with van der Waals surface area (Å²) in [6.07, 6.45) is 2.59. The molecular formula is C32H25ClN2O3. The lowest BCUT2D eigenvalue weighted by atomic mass is 9.86. The molecular weight excluding hydrogens is 496 g/mol. The number of Topliss-reactive ketones (excluding diaryl/α,β-unsaturated/α-hetero) is 1. The summed E-state index contributed by atoms with van der Waals surface area (Å²) in [6.45, 7) is 0. The van der Waals surface area contributed by atoms with E-state index in [2.05, 4.69) is 17.1 Å². The van der Waals surface area contributed by atoms with E-state index < -0.39 is 5.97 Å². The minimum Gasteiger partial charge on any atom is -0.478 e. The maximum absolute atomic E-state index is 13.4. The van der Waals surface area contributed by atoms with Gasteiger partial charge in [-0.05, 0) is 77.8 Å². The van der Waals surface area contributed by atoms with Crippen LogP contribution >= 0.6 is 11.6 Å². The Balaban J connectivity index is 1.38. The van der Waals surface area contributed by atoms with Crippen LogP contribution in [0, 0.1) is 5.92 Å². The van der Waals surface area contributed by atoms with Gasteiger partial charge >= 0.3 is 5.97 Å². The number of benzene rings is 4. The summed E-state index contributed by atoms with van der Waals surface area (Å²) in [6, 6.07) is 28.1. The first-order valence-electron chi connectivity index (χ1n) is 12.7. The van der Waals surface area contributed by atoms with Crippen molar-refractivity contribution in [3.05, 3.63) is 113 Å². The zero-order valence-corrected chi connectivity index (χ0v) is 21.3. The van der Waals surface area contributed by atoms with Crippen LogP contribution in [0.25, 0.3) is 33.5 Å². The molecule has 2 N–H and O–H groups in total. The van der Waals surface area contributed by atoms with Gasteiger partial charge in [-0.25, -0.2) is 9.78 Å². The highest BCUT2D eigenvalue weighted by atomic mass is 35.5. The van der Waals surface area contributed by atoms with E-state index in [4.69, 9.17) is 16.6 Å². The minimum atomic E-state index is -1.10. The van der Waals surface area contributed by atoms with Gasteiger partial charge < -0.3 is 10.1 Å². The van der Waals surface area contributed by atoms with Crippen molar-refractivity contribution in [2.45, 2.75) is 25.2 Å². The summed E-state index contributed by atoms with van der Waals surface area (Å²) in [4.78, 5) is 33.9. The normalized spacial score (nSPS) is 13.9. The number of nitrogens with zero attached hydrogens (tertiary/aromatic N) is 1. The van der Waals surface area contributed by atoms with Crippen molar-refractivity contribution in [2.75, 3.05) is 0 Å². The lowest BCUT2D eigenvalue weighted by Crippen LogP contribution is -2.11. The number of carboxylic acid groups (broad SMARTS) is 1. The number of carbonyl (C=O) groups excluding carboxylic acids is 1. The van der Waals surface area contributed by atoms with Crippen molar-refractivity contribution >= 4 is 34.4 Å². The van der Waals surface area contributed by atoms with Gasteiger partial charge in [-0.3, -0.25) is 4.79 Å². The summed E-state index contributed by atoms with van der Waals surface area (Å²) in [5.74, 6) is 0.0987. The molecule has 1 aromatic heterocycles. The Kier molecular flexibility index (Phi) is 6.30. The number of ketones is 1. The third kappa shape index (κ3) is 4.73. The van der Waals surface area contributed by atoms with Crippen molar-refractivity contribution in [3.63, 3.8) is 0 Å². The van der Waals surface area contributed by atoms with Crippen LogP contribution in [0.3, 0.4) is 0 Å². The Morgan fingerprint density at radius 2 is 1.63 bits per heavy atom. The summed E-state index contributed by atoms with van der Waals surface area (Å²) >= 11 is 6.37. The molecule has 1 heterocycles. The Labute approximate surface area is 225 Å². The Bertz CT molecular complexity index is 1640. The number of aromatic amines is 1. The second-order valence-electron chi connectivity index (χ2n) is 9.84. The van der Waals surface area contributed by atoms with Gasteiger partial charge in [0.2, 0.25) is 0 Å². The first kappa shape index (κ1) is 24.1. The zero-order chi connectivity index (χ0) is 26.2. The number of carbonyl (C=O) groups is 2. The van der Waals surface area contributed by atoms with E-state index >= 15 is 0 Å². The fourth-order valence-electron chi connectivity index (χ4n) is 5.23. The standard InChI is InChI=1S/C32H25ClN2O3/c33-22-13-15-24(31-34-28-8-4-5-9-29(28)35-31)26(17-22)23-14-12-21(16-27(23)32(37)38)30(36)18-25(20-10-11-20)19-6-2-1-3-7-19/h1-9,12-17,20,25H,10-11,18H2,(H,34,35)(H,37,38). The first-order chi connectivity index (χ1) is 18.5. The van der Waals surface area contributed by atoms with Crippen LogP contribution in [0.2, 0.25) is 5.02 Å². The highest BCUT2D eigenvalue weighted by molar-refractivity contribution is 6.31. The number of rotatable bonds is 8. The smallest absolute Gasteiger partial charge is 0.336 e. The van der Waals surface area contributed by atoms with E-state index in [1.165, 1.54) is 6.07 Å². The molecule has 4 aromatic carbocycles. The van der Waals surface area contributed by atoms with Crippen molar-refractivity contribution in [3.8, 4) is 22.5 Å². The third-order valence-electron chi connectivity index (χ3n) is 7.31. The van der Waals surface area contributed by atoms with E-state index in [9.17, 15) is 14.7 Å². The molecule has 6 heteroatoms. The van der Waals surface area contributed by atoms with Gasteiger partial charge in [-0.1, -0.05) is 66.2 Å². The van der Waals surface area contributed by atoms with Gasteiger partial charge in [0.15, 0.2) is 5.78 Å². The number of aromatic carboxylic acids is 1. The van der Waals surface area contributed by atoms with E-state index in [1.807, 2.05) is 48.5 Å². The Hall–Kier alpha value is -4.22. The van der Waals surface area contributed by atoms with Crippen molar-refractivity contribution in [2.24, 2.45) is 5.92 Å². The maximum Gasteiger partial charge on any atom is 0.336 e. The van der Waals surface area contributed by atoms with Crippen LogP contribution in [0.15, 0.2) is 91.0 Å². The number of imidazole rings is 1. The largest absolute Gasteiger partial charge is 0.478 e. The van der Waals surface area contributed by atoms with E-state index in [0.717, 1.165) is 35.0 Å². The predicted molar refractivity (Wildman–Crippen MR) is 150 cm³/mol. The van der Waals surface area contributed by atoms with Crippen molar-refractivity contribution in [1.82, 2.24) is 9.97 Å². The lowest BCUT2D eigenvalue weighted by Gasteiger charge is -2.17. The van der Waals surface area contributed by atoms with Crippen molar-refractivity contribution in [1.29, 1.82) is 0 Å². The molecule has 1 unspecified atom stereocenters. The second kappa shape index (κ2) is 9.92. The van der Waals surface area contributed by atoms with Crippen LogP contribution in [0.5, 0.6) is 0 Å². The quantitative estimate of drug-likeness (QED) is 0.203. The molecule has 5 nitrogen and oxygen atoms in total. The van der Waals surface area contributed by atoms with E-state index in [0.29, 0.717) is 39.9 Å². The summed E-state index contributed by atoms with van der Waals surface area (Å²) < 4.78 is 0. The number of H-pyrrole nitrogens is 1. The number of fused-ring (bicyclic) bond motifs is 1. The molecule has 188 valence electrons. The van der Waals surface area contributed by atoms with Gasteiger partial charge in [-0.15, -0.1) is 0 Å². The third-order valence-corrected chi connectivity index (χ3v) is 7.55. The van der Waals surface area contributed by atoms with Gasteiger partial charge in [0, 0.05) is 22.6 Å². The molecule has 0 radical (unpaired) electrons. The molecule has 6 rings (SSSR count). The fraction of sp³-hybridized carbons (Fsp3) is 0.156. The minimum absolute atomic E-state index is 0.0524. The average Bonchev–Trinajstić information content (AvgIpc) is 3.69. The van der Waals surface area contributed by atoms with Gasteiger partial charge in [0.1, 0.15) is 5.82 Å². The van der Waals surface area contributed by atoms with Crippen LogP contribution in [0.1, 0.15) is 51.5 Å². The summed E-state index contributed by atoms with van der Waals surface area (Å²) in [5.41, 5.74) is 5.15. The first-order valence-corrected chi connectivity index (χ1v) is 13.1. The average molecular weight is 521 g/mol. The molecule has 5 aromatic rings. The SMILES string of the molecule is O=C(CC(c1ccccc1)C1CC1)c1ccc(-c2cc(Cl)ccc2-c2nc3ccccc3[nH]2)c(C(=O)O)c1. The molecule has 0 amide bonds. The van der Waals surface area contributed by atoms with Gasteiger partial charge in [0.05, 0.1) is 16.6 Å². The number of carboxylic acids is 1. The van der Waals surface area contributed by atoms with Crippen LogP contribution in [-0.4, -0.2) is 26.8 Å². The molecule has 0 spiro atoms. The summed E-state index contributed by atoms with van der Waals surface area (Å²) in [7, 11) is 0. The number of halogens is 1. The predicted octanol–water partition coefficient (Wildman–Crippen LogP) is 8.02. The van der Waals surface area contributed by atoms with Gasteiger partial charge in [0.25, 0.3) is 0 Å². The molecule has 0 bridgehead atoms. The molecule has 38 heavy (non-hydrogen) atoms. The molecule has 0 saturated heterocycles. The highest BCUT2D eigenvalue weighted by Crippen LogP contribution is 2.45. The Morgan fingerprint density at radius 1 is 0.895 bits per heavy atom.